The van der Waals surface area contributed by atoms with Crippen LogP contribution >= 0.6 is 0 Å². The highest BCUT2D eigenvalue weighted by molar-refractivity contribution is 6.06. The van der Waals surface area contributed by atoms with Crippen molar-refractivity contribution in [2.45, 2.75) is 91.2 Å². The Morgan fingerprint density at radius 2 is 0.907 bits per heavy atom. The van der Waals surface area contributed by atoms with E-state index in [4.69, 9.17) is 34.3 Å². The number of ether oxygens (including phenoxy) is 5. The Balaban J connectivity index is 0.603. The van der Waals surface area contributed by atoms with Gasteiger partial charge in [0.05, 0.1) is 68.9 Å². The first-order valence-corrected chi connectivity index (χ1v) is 41.4. The average Bonchev–Trinajstić information content (AvgIpc) is 1.66. The molecular weight excluding hydrogens is 1680 g/mol. The Morgan fingerprint density at radius 1 is 0.434 bits per heavy atom. The molecule has 14 amide bonds. The van der Waals surface area contributed by atoms with Crippen molar-refractivity contribution in [2.75, 3.05) is 151 Å². The first-order valence-electron chi connectivity index (χ1n) is 41.4. The number of carbonyl (C=O) groups is 14. The number of nitrogens with zero attached hydrogens (tertiary/aromatic N) is 15. The zero-order chi connectivity index (χ0) is 93.9. The fraction of sp³-hybridized carbons (Fsp3) is 0.476. The molecule has 0 atom stereocenters. The maximum Gasteiger partial charge on any atom is 0.411 e. The van der Waals surface area contributed by atoms with Crippen LogP contribution in [-0.4, -0.2) is 279 Å². The molecule has 8 heterocycles. The van der Waals surface area contributed by atoms with Crippen LogP contribution in [0.1, 0.15) is 169 Å². The van der Waals surface area contributed by atoms with Crippen LogP contribution in [0.3, 0.4) is 0 Å². The van der Waals surface area contributed by atoms with Crippen molar-refractivity contribution in [3.8, 4) is 0 Å². The van der Waals surface area contributed by atoms with Gasteiger partial charge >= 0.3 is 6.09 Å². The Bertz CT molecular complexity index is 5220. The molecule has 0 saturated carbocycles. The lowest BCUT2D eigenvalue weighted by Crippen LogP contribution is -2.46. The highest BCUT2D eigenvalue weighted by atomic mass is 16.8. The summed E-state index contributed by atoms with van der Waals surface area (Å²) in [5, 5.41) is 26.6. The van der Waals surface area contributed by atoms with Gasteiger partial charge in [0.2, 0.25) is 52.9 Å². The normalized spacial score (nSPS) is 11.2. The number of pyridine rings is 1. The summed E-state index contributed by atoms with van der Waals surface area (Å²) >= 11 is 0. The molecule has 8 aromatic heterocycles. The van der Waals surface area contributed by atoms with Crippen molar-refractivity contribution < 1.29 is 95.6 Å². The first-order chi connectivity index (χ1) is 61.5. The van der Waals surface area contributed by atoms with E-state index in [-0.39, 0.29) is 172 Å². The van der Waals surface area contributed by atoms with Crippen molar-refractivity contribution in [1.82, 2.24) is 98.3 Å². The van der Waals surface area contributed by atoms with Crippen molar-refractivity contribution in [1.29, 1.82) is 0 Å². The molecule has 13 N–H and O–H groups in total. The van der Waals surface area contributed by atoms with Gasteiger partial charge < -0.3 is 124 Å². The number of likely N-dealkylation sites (N-methyl/N-ethyl adjacent to an activating group) is 2. The van der Waals surface area contributed by atoms with E-state index in [1.807, 2.05) is 14.0 Å². The second kappa shape index (κ2) is 49.8. The topological polar surface area (TPSA) is 561 Å². The van der Waals surface area contributed by atoms with Crippen LogP contribution < -0.4 is 64.4 Å². The number of rotatable bonds is 53. The van der Waals surface area contributed by atoms with Crippen LogP contribution in [0.25, 0.3) is 0 Å². The fourth-order valence-corrected chi connectivity index (χ4v) is 12.5. The minimum absolute atomic E-state index is 0.0347. The standard InChI is InChI=1S/C82H115N27O20/c1-13-108(68(114)51-109(81(123)129-82(2,3)4)47-54-40-53(69(83)115)19-24-84-54)32-31-100(5)29-15-14-16-33-124-34-35-125-36-37-126-38-39-127-52-128-99-67(113)22-27-89-78(120)72-97-63(50-106(72)11)98-76(118)60-41-55(44-104(60)9)90-65(111)20-26-88-77(119)71-95-61(48-105(71)10)93-64(110)18-17-23-86-74(116)58-43-57(46-102(58)7)92-80(122)73-96-62(49-107(73)12)94-66(112)21-25-87-75(117)59-42-56(45-103(59)8)91-79(121)70-85-28-30-101(70)6/h19,24,28,30,40-46,48-50H,13-18,20-23,25-27,29,31-39,47,51-52H2,1-12H3,(H2,83,115)(H,86,116)(H,87,117)(H,88,119)(H,89,120)(H,90,111)(H,91,121)(H,92,122)(H,93,110)(H,94,112)(H,98,118)(H,99,113). The minimum atomic E-state index is -0.796. The molecule has 0 saturated heterocycles. The maximum absolute atomic E-state index is 13.5. The Labute approximate surface area is 743 Å². The van der Waals surface area contributed by atoms with Crippen LogP contribution in [0.4, 0.5) is 39.3 Å². The number of carbonyl (C=O) groups excluding carboxylic acids is 14. The van der Waals surface area contributed by atoms with Gasteiger partial charge in [-0.25, -0.2) is 35.0 Å². The smallest absolute Gasteiger partial charge is 0.411 e. The number of unbranched alkanes of at least 4 members (excludes halogenated alkanes) is 2. The Morgan fingerprint density at radius 3 is 1.43 bits per heavy atom. The predicted molar refractivity (Wildman–Crippen MR) is 467 cm³/mol. The highest BCUT2D eigenvalue weighted by Crippen LogP contribution is 2.21. The van der Waals surface area contributed by atoms with Gasteiger partial charge in [-0.1, -0.05) is 0 Å². The second-order valence-electron chi connectivity index (χ2n) is 30.7. The van der Waals surface area contributed by atoms with Gasteiger partial charge in [0.1, 0.15) is 29.2 Å². The van der Waals surface area contributed by atoms with E-state index in [2.05, 4.69) is 88.5 Å². The largest absolute Gasteiger partial charge is 0.444 e. The molecule has 0 radical (unpaired) electrons. The third-order valence-corrected chi connectivity index (χ3v) is 19.0. The lowest BCUT2D eigenvalue weighted by molar-refractivity contribution is -0.149. The summed E-state index contributed by atoms with van der Waals surface area (Å²) in [5.74, 6) is -6.61. The van der Waals surface area contributed by atoms with E-state index in [0.717, 1.165) is 25.8 Å². The van der Waals surface area contributed by atoms with Gasteiger partial charge in [-0.2, -0.15) is 0 Å². The van der Waals surface area contributed by atoms with Crippen molar-refractivity contribution in [3.05, 3.63) is 138 Å². The maximum atomic E-state index is 13.5. The molecule has 0 aromatic carbocycles. The SMILES string of the molecule is CCN(CCN(C)CCCCCOCCOCCOCCOCONC(=O)CCNC(=O)c1nc(NC(=O)c2cc(NC(=O)CCNC(=O)c3nc(NC(=O)CCCNC(=O)c4cc(NC(=O)c5nc(NC(=O)CCNC(=O)c6cc(NC(=O)c7nccn7C)cn6C)cn5C)cn4C)cn3C)cn2C)cn1C)C(=O)CN(Cc1cc(C(N)=O)ccn1)C(=O)OC(C)(C)C. The van der Waals surface area contributed by atoms with Crippen LogP contribution in [0.15, 0.2) is 86.1 Å². The van der Waals surface area contributed by atoms with E-state index in [1.54, 1.807) is 92.0 Å². The number of nitrogens with one attached hydrogen (secondary N) is 11. The van der Waals surface area contributed by atoms with Crippen LogP contribution in [-0.2, 0) is 108 Å². The van der Waals surface area contributed by atoms with E-state index in [0.29, 0.717) is 64.0 Å². The van der Waals surface area contributed by atoms with Crippen LogP contribution in [0.5, 0.6) is 0 Å². The quantitative estimate of drug-likeness (QED) is 0.0148. The molecule has 698 valence electrons. The van der Waals surface area contributed by atoms with Crippen molar-refractivity contribution in [3.63, 3.8) is 0 Å². The van der Waals surface area contributed by atoms with Gasteiger partial charge in [0.25, 0.3) is 41.4 Å². The summed E-state index contributed by atoms with van der Waals surface area (Å²) < 4.78 is 37.9. The molecule has 129 heavy (non-hydrogen) atoms. The third kappa shape index (κ3) is 33.0. The van der Waals surface area contributed by atoms with E-state index in [9.17, 15) is 67.1 Å². The number of nitrogens with two attached hydrogens (primary N) is 1. The summed E-state index contributed by atoms with van der Waals surface area (Å²) in [5.41, 5.74) is 8.96. The van der Waals surface area contributed by atoms with E-state index < -0.39 is 82.6 Å². The molecular formula is C82H115N27O20. The van der Waals surface area contributed by atoms with E-state index >= 15 is 0 Å². The summed E-state index contributed by atoms with van der Waals surface area (Å²) in [7, 11) is 13.1. The molecule has 47 heteroatoms. The number of aromatic nitrogens is 12. The number of anilines is 6. The van der Waals surface area contributed by atoms with Gasteiger partial charge in [0, 0.05) is 189 Å². The second-order valence-corrected chi connectivity index (χ2v) is 30.7. The number of aryl methyl sites for hydroxylation is 7. The molecule has 0 aliphatic carbocycles. The third-order valence-electron chi connectivity index (χ3n) is 19.0. The summed E-state index contributed by atoms with van der Waals surface area (Å²) in [6.45, 7) is 11.3. The number of imidazole rings is 4. The highest BCUT2D eigenvalue weighted by Gasteiger charge is 2.29. The number of hydrogen-bond donors (Lipinski definition) is 12. The summed E-state index contributed by atoms with van der Waals surface area (Å²) in [6.07, 6.45) is 15.2. The van der Waals surface area contributed by atoms with Gasteiger partial charge in [-0.05, 0) is 97.3 Å². The number of amides is 14. The van der Waals surface area contributed by atoms with Crippen LogP contribution in [0.2, 0.25) is 0 Å². The Kier molecular flexibility index (Phi) is 38.7. The first kappa shape index (κ1) is 100. The Hall–Kier alpha value is -14.0. The zero-order valence-corrected chi connectivity index (χ0v) is 74.4. The molecule has 0 aliphatic heterocycles. The monoisotopic (exact) mass is 1800 g/mol. The predicted octanol–water partition coefficient (Wildman–Crippen LogP) is 2.13. The average molecular weight is 1800 g/mol. The lowest BCUT2D eigenvalue weighted by Gasteiger charge is -2.30. The fourth-order valence-electron chi connectivity index (χ4n) is 12.5. The number of hydroxylamine groups is 1. The molecule has 0 unspecified atom stereocenters. The molecule has 0 bridgehead atoms. The molecule has 0 fully saturated rings. The zero-order valence-electron chi connectivity index (χ0n) is 74.4. The molecule has 0 spiro atoms. The van der Waals surface area contributed by atoms with E-state index in [1.165, 1.54) is 106 Å². The van der Waals surface area contributed by atoms with Crippen LogP contribution in [0, 0.1) is 0 Å². The molecule has 47 nitrogen and oxygen atoms in total. The van der Waals surface area contributed by atoms with Gasteiger partial charge in [-0.15, -0.1) is 0 Å². The van der Waals surface area contributed by atoms with Gasteiger partial charge in [-0.3, -0.25) is 72.2 Å². The van der Waals surface area contributed by atoms with Crippen molar-refractivity contribution in [2.24, 2.45) is 55.1 Å². The molecule has 8 aromatic rings. The molecule has 8 rings (SSSR count). The number of hydrogen-bond acceptors (Lipinski definition) is 26. The van der Waals surface area contributed by atoms with Crippen molar-refractivity contribution >= 4 is 117 Å². The molecule has 0 aliphatic rings. The summed E-state index contributed by atoms with van der Waals surface area (Å²) in [4.78, 5) is 212. The number of primary amides is 1. The minimum Gasteiger partial charge on any atom is -0.444 e. The van der Waals surface area contributed by atoms with Gasteiger partial charge in [0.15, 0.2) is 30.1 Å². The lowest BCUT2D eigenvalue weighted by atomic mass is 10.2. The summed E-state index contributed by atoms with van der Waals surface area (Å²) in [6, 6.07) is 7.33.